The molecule has 0 aliphatic carbocycles. The van der Waals surface area contributed by atoms with Crippen LogP contribution in [0.2, 0.25) is 0 Å². The number of thiophene rings is 1. The molecule has 5 aromatic rings. The van der Waals surface area contributed by atoms with Gasteiger partial charge in [0.05, 0.1) is 5.52 Å². The van der Waals surface area contributed by atoms with E-state index in [-0.39, 0.29) is 11.5 Å². The highest BCUT2D eigenvalue weighted by atomic mass is 32.2. The summed E-state index contributed by atoms with van der Waals surface area (Å²) in [5, 5.41) is 11.6. The molecular formula is C23H20N4OS2. The van der Waals surface area contributed by atoms with Crippen LogP contribution in [0.25, 0.3) is 16.0 Å². The van der Waals surface area contributed by atoms with Crippen molar-refractivity contribution in [3.63, 3.8) is 0 Å². The van der Waals surface area contributed by atoms with E-state index in [1.807, 2.05) is 52.2 Å². The Kier molecular flexibility index (Phi) is 5.14. The predicted molar refractivity (Wildman–Crippen MR) is 123 cm³/mol. The van der Waals surface area contributed by atoms with Gasteiger partial charge in [-0.25, -0.2) is 0 Å². The third-order valence-corrected chi connectivity index (χ3v) is 7.11. The molecule has 0 N–H and O–H groups in total. The van der Waals surface area contributed by atoms with Gasteiger partial charge < -0.3 is 0 Å². The third kappa shape index (κ3) is 3.44. The third-order valence-electron chi connectivity index (χ3n) is 5.22. The molecule has 0 aliphatic heterocycles. The monoisotopic (exact) mass is 432 g/mol. The number of hydrogen-bond acceptors (Lipinski definition) is 5. The van der Waals surface area contributed by atoms with Gasteiger partial charge in [0.15, 0.2) is 5.16 Å². The molecule has 1 unspecified atom stereocenters. The second-order valence-electron chi connectivity index (χ2n) is 7.25. The molecule has 2 aromatic carbocycles. The largest absolute Gasteiger partial charge is 0.275 e. The molecule has 5 rings (SSSR count). The molecule has 0 fully saturated rings. The molecule has 150 valence electrons. The summed E-state index contributed by atoms with van der Waals surface area (Å²) in [6.07, 6.45) is 0. The number of nitrogens with zero attached hydrogens (tertiary/aromatic N) is 4. The van der Waals surface area contributed by atoms with E-state index in [1.165, 1.54) is 22.5 Å². The standard InChI is InChI=1S/C23H20N4OS2/c1-16(18-10-6-3-7-11-18)14-26-21(28)20-19(12-13-29-20)27-22(26)24-25-23(27)30-15-17-8-4-2-5-9-17/h2-13,16H,14-15H2,1H3. The molecule has 0 radical (unpaired) electrons. The molecule has 0 aliphatic rings. The van der Waals surface area contributed by atoms with Crippen molar-refractivity contribution < 1.29 is 0 Å². The Bertz CT molecular complexity index is 1360. The minimum atomic E-state index is 0.00212. The first-order valence-electron chi connectivity index (χ1n) is 9.79. The number of aromatic nitrogens is 4. The lowest BCUT2D eigenvalue weighted by Crippen LogP contribution is -2.24. The minimum Gasteiger partial charge on any atom is -0.275 e. The van der Waals surface area contributed by atoms with Crippen LogP contribution in [0.15, 0.2) is 82.1 Å². The van der Waals surface area contributed by atoms with E-state index in [0.29, 0.717) is 12.3 Å². The summed E-state index contributed by atoms with van der Waals surface area (Å²) in [5.74, 6) is 1.58. The van der Waals surface area contributed by atoms with Crippen LogP contribution in [-0.2, 0) is 12.3 Å². The zero-order valence-electron chi connectivity index (χ0n) is 16.4. The lowest BCUT2D eigenvalue weighted by molar-refractivity contribution is 0.588. The molecule has 0 saturated heterocycles. The van der Waals surface area contributed by atoms with Crippen molar-refractivity contribution in [3.8, 4) is 0 Å². The van der Waals surface area contributed by atoms with Crippen LogP contribution in [-0.4, -0.2) is 19.2 Å². The molecular weight excluding hydrogens is 412 g/mol. The van der Waals surface area contributed by atoms with Crippen molar-refractivity contribution in [2.45, 2.75) is 30.3 Å². The molecule has 3 aromatic heterocycles. The van der Waals surface area contributed by atoms with Gasteiger partial charge >= 0.3 is 0 Å². The molecule has 30 heavy (non-hydrogen) atoms. The van der Waals surface area contributed by atoms with Crippen LogP contribution in [0.3, 0.4) is 0 Å². The van der Waals surface area contributed by atoms with Crippen molar-refractivity contribution in [2.24, 2.45) is 0 Å². The quantitative estimate of drug-likeness (QED) is 0.346. The summed E-state index contributed by atoms with van der Waals surface area (Å²) in [5.41, 5.74) is 3.31. The highest BCUT2D eigenvalue weighted by Crippen LogP contribution is 2.27. The van der Waals surface area contributed by atoms with Crippen molar-refractivity contribution in [3.05, 3.63) is 93.6 Å². The molecule has 0 saturated carbocycles. The van der Waals surface area contributed by atoms with E-state index >= 15 is 0 Å². The second-order valence-corrected chi connectivity index (χ2v) is 9.11. The zero-order valence-corrected chi connectivity index (χ0v) is 18.1. The van der Waals surface area contributed by atoms with Gasteiger partial charge in [0.1, 0.15) is 4.70 Å². The molecule has 0 spiro atoms. The predicted octanol–water partition coefficient (Wildman–Crippen LogP) is 5.20. The summed E-state index contributed by atoms with van der Waals surface area (Å²) < 4.78 is 4.54. The fourth-order valence-electron chi connectivity index (χ4n) is 3.64. The van der Waals surface area contributed by atoms with Gasteiger partial charge in [0.2, 0.25) is 5.78 Å². The summed E-state index contributed by atoms with van der Waals surface area (Å²) in [4.78, 5) is 13.2. The molecule has 0 bridgehead atoms. The van der Waals surface area contributed by atoms with Crippen LogP contribution in [0.1, 0.15) is 24.0 Å². The van der Waals surface area contributed by atoms with Crippen LogP contribution in [0.5, 0.6) is 0 Å². The maximum absolute atomic E-state index is 13.2. The van der Waals surface area contributed by atoms with Gasteiger partial charge in [-0.05, 0) is 28.5 Å². The van der Waals surface area contributed by atoms with Gasteiger partial charge in [0, 0.05) is 12.3 Å². The first-order chi connectivity index (χ1) is 14.7. The Morgan fingerprint density at radius 3 is 2.50 bits per heavy atom. The van der Waals surface area contributed by atoms with Gasteiger partial charge in [-0.15, -0.1) is 21.5 Å². The molecule has 0 amide bonds. The summed E-state index contributed by atoms with van der Waals surface area (Å²) >= 11 is 3.11. The van der Waals surface area contributed by atoms with E-state index < -0.39 is 0 Å². The molecule has 5 nitrogen and oxygen atoms in total. The maximum atomic E-state index is 13.2. The fourth-order valence-corrected chi connectivity index (χ4v) is 5.36. The van der Waals surface area contributed by atoms with Crippen molar-refractivity contribution in [1.29, 1.82) is 0 Å². The molecule has 7 heteroatoms. The Morgan fingerprint density at radius 1 is 1.00 bits per heavy atom. The average molecular weight is 433 g/mol. The fraction of sp³-hybridized carbons (Fsp3) is 0.174. The lowest BCUT2D eigenvalue weighted by atomic mass is 10.0. The van der Waals surface area contributed by atoms with Crippen LogP contribution < -0.4 is 5.56 Å². The van der Waals surface area contributed by atoms with Gasteiger partial charge in [0.25, 0.3) is 5.56 Å². The first-order valence-corrected chi connectivity index (χ1v) is 11.7. The van der Waals surface area contributed by atoms with Crippen molar-refractivity contribution in [2.75, 3.05) is 0 Å². The summed E-state index contributed by atoms with van der Waals surface area (Å²) in [6, 6.07) is 22.6. The number of benzene rings is 2. The summed E-state index contributed by atoms with van der Waals surface area (Å²) in [6.45, 7) is 2.69. The smallest absolute Gasteiger partial charge is 0.272 e. The second kappa shape index (κ2) is 8.08. The highest BCUT2D eigenvalue weighted by molar-refractivity contribution is 7.98. The van der Waals surface area contributed by atoms with Crippen LogP contribution in [0.4, 0.5) is 0 Å². The van der Waals surface area contributed by atoms with E-state index in [1.54, 1.807) is 16.3 Å². The molecule has 3 heterocycles. The highest BCUT2D eigenvalue weighted by Gasteiger charge is 2.19. The van der Waals surface area contributed by atoms with E-state index in [0.717, 1.165) is 21.1 Å². The number of fused-ring (bicyclic) bond motifs is 3. The number of hydrogen-bond donors (Lipinski definition) is 0. The normalized spacial score (nSPS) is 12.6. The summed E-state index contributed by atoms with van der Waals surface area (Å²) in [7, 11) is 0. The number of rotatable bonds is 6. The number of thioether (sulfide) groups is 1. The topological polar surface area (TPSA) is 52.2 Å². The van der Waals surface area contributed by atoms with E-state index in [4.69, 9.17) is 0 Å². The SMILES string of the molecule is CC(Cn1c(=O)c2sccc2n2c(SCc3ccccc3)nnc12)c1ccccc1. The molecule has 1 atom stereocenters. The van der Waals surface area contributed by atoms with Gasteiger partial charge in [-0.3, -0.25) is 13.8 Å². The maximum Gasteiger partial charge on any atom is 0.272 e. The Labute approximate surface area is 182 Å². The Balaban J connectivity index is 1.58. The van der Waals surface area contributed by atoms with Gasteiger partial charge in [-0.1, -0.05) is 79.3 Å². The first kappa shape index (κ1) is 19.1. The van der Waals surface area contributed by atoms with Crippen molar-refractivity contribution in [1.82, 2.24) is 19.2 Å². The minimum absolute atomic E-state index is 0.00212. The Morgan fingerprint density at radius 2 is 1.73 bits per heavy atom. The lowest BCUT2D eigenvalue weighted by Gasteiger charge is -2.15. The van der Waals surface area contributed by atoms with E-state index in [9.17, 15) is 4.79 Å². The zero-order chi connectivity index (χ0) is 20.5. The van der Waals surface area contributed by atoms with Crippen LogP contribution in [0, 0.1) is 0 Å². The Hall–Kier alpha value is -2.90. The average Bonchev–Trinajstić information content (AvgIpc) is 3.43. The van der Waals surface area contributed by atoms with E-state index in [2.05, 4.69) is 41.4 Å². The van der Waals surface area contributed by atoms with Gasteiger partial charge in [-0.2, -0.15) is 0 Å². The van der Waals surface area contributed by atoms with Crippen LogP contribution >= 0.6 is 23.1 Å². The van der Waals surface area contributed by atoms with Crippen molar-refractivity contribution >= 4 is 39.1 Å².